The Morgan fingerprint density at radius 2 is 2.19 bits per heavy atom. The number of anilines is 1. The van der Waals surface area contributed by atoms with E-state index < -0.39 is 18.5 Å². The predicted octanol–water partition coefficient (Wildman–Crippen LogP) is 2.35. The number of hydrogen-bond acceptors (Lipinski definition) is 3. The van der Waals surface area contributed by atoms with E-state index in [2.05, 4.69) is 0 Å². The summed E-state index contributed by atoms with van der Waals surface area (Å²) >= 11 is 1.12. The number of nitrogen functional groups attached to an aromatic ring is 1. The first kappa shape index (κ1) is 12.8. The van der Waals surface area contributed by atoms with Crippen LogP contribution >= 0.6 is 11.3 Å². The molecule has 0 aliphatic rings. The van der Waals surface area contributed by atoms with Gasteiger partial charge in [-0.3, -0.25) is 4.79 Å². The smallest absolute Gasteiger partial charge is 0.390 e. The van der Waals surface area contributed by atoms with Gasteiger partial charge >= 0.3 is 6.18 Å². The summed E-state index contributed by atoms with van der Waals surface area (Å²) in [4.78, 5) is 12.9. The molecule has 1 amide bonds. The molecule has 0 aliphatic carbocycles. The maximum absolute atomic E-state index is 11.9. The molecule has 7 heteroatoms. The van der Waals surface area contributed by atoms with Crippen LogP contribution in [0.4, 0.5) is 18.9 Å². The molecular weight excluding hydrogens is 241 g/mol. The lowest BCUT2D eigenvalue weighted by atomic mass is 10.3. The number of carbonyl (C=O) groups excluding carboxylic acids is 1. The Labute approximate surface area is 94.7 Å². The molecule has 2 N–H and O–H groups in total. The Morgan fingerprint density at radius 1 is 1.56 bits per heavy atom. The van der Waals surface area contributed by atoms with E-state index >= 15 is 0 Å². The van der Waals surface area contributed by atoms with Crippen LogP contribution in [0.15, 0.2) is 11.4 Å². The zero-order valence-electron chi connectivity index (χ0n) is 8.54. The largest absolute Gasteiger partial charge is 0.397 e. The highest BCUT2D eigenvalue weighted by Gasteiger charge is 2.28. The Kier molecular flexibility index (Phi) is 3.79. The van der Waals surface area contributed by atoms with Gasteiger partial charge in [-0.1, -0.05) is 0 Å². The first-order valence-electron chi connectivity index (χ1n) is 4.46. The molecular formula is C9H11F3N2OS. The quantitative estimate of drug-likeness (QED) is 0.897. The molecule has 0 atom stereocenters. The van der Waals surface area contributed by atoms with E-state index in [9.17, 15) is 18.0 Å². The van der Waals surface area contributed by atoms with Crippen molar-refractivity contribution in [3.05, 3.63) is 16.3 Å². The summed E-state index contributed by atoms with van der Waals surface area (Å²) in [6.07, 6.45) is -5.27. The fourth-order valence-electron chi connectivity index (χ4n) is 1.06. The Hall–Kier alpha value is -1.24. The summed E-state index contributed by atoms with van der Waals surface area (Å²) in [7, 11) is 1.33. The molecule has 90 valence electrons. The topological polar surface area (TPSA) is 46.3 Å². The Balaban J connectivity index is 2.59. The van der Waals surface area contributed by atoms with E-state index in [4.69, 9.17) is 5.73 Å². The molecule has 1 heterocycles. The van der Waals surface area contributed by atoms with Gasteiger partial charge in [-0.05, 0) is 11.4 Å². The molecule has 0 aromatic carbocycles. The molecule has 1 aromatic heterocycles. The number of halogens is 3. The Morgan fingerprint density at radius 3 is 2.62 bits per heavy atom. The lowest BCUT2D eigenvalue weighted by molar-refractivity contribution is -0.136. The van der Waals surface area contributed by atoms with E-state index in [1.165, 1.54) is 7.05 Å². The lowest BCUT2D eigenvalue weighted by Crippen LogP contribution is -2.30. The minimum atomic E-state index is -4.25. The molecule has 0 unspecified atom stereocenters. The van der Waals surface area contributed by atoms with E-state index in [1.54, 1.807) is 11.4 Å². The lowest BCUT2D eigenvalue weighted by Gasteiger charge is -2.17. The number of carbonyl (C=O) groups is 1. The van der Waals surface area contributed by atoms with Crippen LogP contribution in [0.3, 0.4) is 0 Å². The zero-order valence-corrected chi connectivity index (χ0v) is 9.36. The van der Waals surface area contributed by atoms with Gasteiger partial charge in [0.2, 0.25) is 0 Å². The molecule has 0 spiro atoms. The molecule has 0 radical (unpaired) electrons. The van der Waals surface area contributed by atoms with E-state index in [-0.39, 0.29) is 11.4 Å². The number of nitrogens with zero attached hydrogens (tertiary/aromatic N) is 1. The fourth-order valence-corrected chi connectivity index (χ4v) is 1.87. The summed E-state index contributed by atoms with van der Waals surface area (Å²) in [6, 6.07) is 1.55. The van der Waals surface area contributed by atoms with E-state index in [0.717, 1.165) is 16.2 Å². The minimum absolute atomic E-state index is 0.282. The van der Waals surface area contributed by atoms with Crippen LogP contribution in [-0.4, -0.2) is 30.6 Å². The van der Waals surface area contributed by atoms with Crippen LogP contribution in [0.1, 0.15) is 16.1 Å². The number of thiophene rings is 1. The fraction of sp³-hybridized carbons (Fsp3) is 0.444. The van der Waals surface area contributed by atoms with Crippen molar-refractivity contribution in [3.63, 3.8) is 0 Å². The van der Waals surface area contributed by atoms with Crippen molar-refractivity contribution in [2.24, 2.45) is 0 Å². The summed E-state index contributed by atoms with van der Waals surface area (Å²) in [5.41, 5.74) is 5.80. The van der Waals surface area contributed by atoms with Crippen molar-refractivity contribution in [2.75, 3.05) is 19.3 Å². The van der Waals surface area contributed by atoms with Crippen molar-refractivity contribution in [3.8, 4) is 0 Å². The number of rotatable bonds is 3. The highest BCUT2D eigenvalue weighted by atomic mass is 32.1. The monoisotopic (exact) mass is 252 g/mol. The third-order valence-corrected chi connectivity index (χ3v) is 2.89. The average molecular weight is 252 g/mol. The molecule has 1 aromatic rings. The van der Waals surface area contributed by atoms with Gasteiger partial charge in [0, 0.05) is 13.6 Å². The Bertz CT molecular complexity index is 375. The zero-order chi connectivity index (χ0) is 12.3. The third kappa shape index (κ3) is 3.41. The van der Waals surface area contributed by atoms with Gasteiger partial charge in [0.25, 0.3) is 5.91 Å². The van der Waals surface area contributed by atoms with Crippen molar-refractivity contribution in [1.82, 2.24) is 4.90 Å². The number of nitrogens with two attached hydrogens (primary N) is 1. The summed E-state index contributed by atoms with van der Waals surface area (Å²) in [5.74, 6) is -0.475. The van der Waals surface area contributed by atoms with E-state index in [1.807, 2.05) is 0 Å². The maximum atomic E-state index is 11.9. The summed E-state index contributed by atoms with van der Waals surface area (Å²) in [5, 5.41) is 1.63. The van der Waals surface area contributed by atoms with Gasteiger partial charge in [-0.25, -0.2) is 0 Å². The van der Waals surface area contributed by atoms with Crippen molar-refractivity contribution < 1.29 is 18.0 Å². The second-order valence-electron chi connectivity index (χ2n) is 3.30. The minimum Gasteiger partial charge on any atom is -0.397 e. The van der Waals surface area contributed by atoms with Gasteiger partial charge in [-0.2, -0.15) is 13.2 Å². The van der Waals surface area contributed by atoms with Crippen LogP contribution in [0, 0.1) is 0 Å². The van der Waals surface area contributed by atoms with Crippen molar-refractivity contribution >= 4 is 22.9 Å². The van der Waals surface area contributed by atoms with Crippen LogP contribution in [0.25, 0.3) is 0 Å². The highest BCUT2D eigenvalue weighted by molar-refractivity contribution is 7.12. The number of hydrogen-bond donors (Lipinski definition) is 1. The second kappa shape index (κ2) is 4.73. The maximum Gasteiger partial charge on any atom is 0.390 e. The first-order valence-corrected chi connectivity index (χ1v) is 5.34. The van der Waals surface area contributed by atoms with Gasteiger partial charge < -0.3 is 10.6 Å². The molecule has 0 fully saturated rings. The second-order valence-corrected chi connectivity index (χ2v) is 4.21. The molecule has 16 heavy (non-hydrogen) atoms. The van der Waals surface area contributed by atoms with E-state index in [0.29, 0.717) is 5.69 Å². The molecule has 0 bridgehead atoms. The van der Waals surface area contributed by atoms with Crippen LogP contribution in [0.2, 0.25) is 0 Å². The molecule has 3 nitrogen and oxygen atoms in total. The van der Waals surface area contributed by atoms with Crippen molar-refractivity contribution in [2.45, 2.75) is 12.6 Å². The first-order chi connectivity index (χ1) is 7.31. The van der Waals surface area contributed by atoms with Gasteiger partial charge in [0.15, 0.2) is 0 Å². The standard InChI is InChI=1S/C9H11F3N2OS/c1-14(4-3-9(10,11)12)8(15)7-6(13)2-5-16-7/h2,5H,3-4,13H2,1H3. The highest BCUT2D eigenvalue weighted by Crippen LogP contribution is 2.23. The van der Waals surface area contributed by atoms with Gasteiger partial charge in [0.1, 0.15) is 4.88 Å². The third-order valence-electron chi connectivity index (χ3n) is 1.97. The normalized spacial score (nSPS) is 11.5. The molecule has 1 rings (SSSR count). The van der Waals surface area contributed by atoms with Crippen molar-refractivity contribution in [1.29, 1.82) is 0 Å². The molecule has 0 aliphatic heterocycles. The SMILES string of the molecule is CN(CCC(F)(F)F)C(=O)c1sccc1N. The van der Waals surface area contributed by atoms with Gasteiger partial charge in [0.05, 0.1) is 12.1 Å². The van der Waals surface area contributed by atoms with Crippen LogP contribution in [-0.2, 0) is 0 Å². The number of alkyl halides is 3. The van der Waals surface area contributed by atoms with Gasteiger partial charge in [-0.15, -0.1) is 11.3 Å². The molecule has 0 saturated heterocycles. The summed E-state index contributed by atoms with van der Waals surface area (Å²) in [6.45, 7) is -0.361. The summed E-state index contributed by atoms with van der Waals surface area (Å²) < 4.78 is 35.8. The average Bonchev–Trinajstić information content (AvgIpc) is 2.58. The van der Waals surface area contributed by atoms with Crippen LogP contribution < -0.4 is 5.73 Å². The predicted molar refractivity (Wildman–Crippen MR) is 56.4 cm³/mol. The molecule has 0 saturated carbocycles. The van der Waals surface area contributed by atoms with Crippen LogP contribution in [0.5, 0.6) is 0 Å². The number of amides is 1.